The molecule has 0 unspecified atom stereocenters. The maximum atomic E-state index is 12.2. The molecule has 0 aliphatic rings. The Labute approximate surface area is 135 Å². The molecular formula is C18H18O3S. The summed E-state index contributed by atoms with van der Waals surface area (Å²) < 4.78 is 10.6. The van der Waals surface area contributed by atoms with Gasteiger partial charge in [-0.05, 0) is 48.7 Å². The fourth-order valence-electron chi connectivity index (χ4n) is 2.06. The highest BCUT2D eigenvalue weighted by molar-refractivity contribution is 7.98. The molecule has 0 fully saturated rings. The largest absolute Gasteiger partial charge is 0.493 e. The van der Waals surface area contributed by atoms with Crippen LogP contribution in [0.2, 0.25) is 0 Å². The zero-order chi connectivity index (χ0) is 15.9. The number of carbonyl (C=O) groups is 1. The van der Waals surface area contributed by atoms with Crippen LogP contribution in [0.25, 0.3) is 6.08 Å². The molecule has 0 N–H and O–H groups in total. The second-order valence-corrected chi connectivity index (χ2v) is 5.39. The molecule has 0 aromatic heterocycles. The van der Waals surface area contributed by atoms with E-state index in [0.717, 1.165) is 10.5 Å². The molecule has 0 atom stereocenters. The van der Waals surface area contributed by atoms with E-state index in [1.54, 1.807) is 38.1 Å². The minimum Gasteiger partial charge on any atom is -0.493 e. The number of carbonyl (C=O) groups excluding carboxylic acids is 1. The lowest BCUT2D eigenvalue weighted by Gasteiger charge is -2.09. The Morgan fingerprint density at radius 2 is 1.77 bits per heavy atom. The van der Waals surface area contributed by atoms with Crippen LogP contribution in [-0.4, -0.2) is 26.3 Å². The normalized spacial score (nSPS) is 10.7. The molecule has 0 saturated carbocycles. The summed E-state index contributed by atoms with van der Waals surface area (Å²) in [5.41, 5.74) is 1.46. The lowest BCUT2D eigenvalue weighted by molar-refractivity contribution is 0.104. The summed E-state index contributed by atoms with van der Waals surface area (Å²) in [6, 6.07) is 13.1. The van der Waals surface area contributed by atoms with E-state index in [9.17, 15) is 4.79 Å². The van der Waals surface area contributed by atoms with Crippen molar-refractivity contribution < 1.29 is 14.3 Å². The van der Waals surface area contributed by atoms with Crippen molar-refractivity contribution in [2.75, 3.05) is 20.5 Å². The summed E-state index contributed by atoms with van der Waals surface area (Å²) in [7, 11) is 3.17. The van der Waals surface area contributed by atoms with Gasteiger partial charge in [-0.3, -0.25) is 4.79 Å². The second kappa shape index (κ2) is 7.71. The second-order valence-electron chi connectivity index (χ2n) is 4.51. The highest BCUT2D eigenvalue weighted by atomic mass is 32.2. The van der Waals surface area contributed by atoms with Gasteiger partial charge in [0.2, 0.25) is 0 Å². The van der Waals surface area contributed by atoms with Crippen molar-refractivity contribution >= 4 is 23.6 Å². The summed E-state index contributed by atoms with van der Waals surface area (Å²) >= 11 is 1.65. The minimum absolute atomic E-state index is 0.0440. The Balaban J connectivity index is 2.22. The van der Waals surface area contributed by atoms with E-state index in [-0.39, 0.29) is 5.78 Å². The smallest absolute Gasteiger partial charge is 0.185 e. The number of thioether (sulfide) groups is 1. The first-order valence-electron chi connectivity index (χ1n) is 6.77. The number of ketones is 1. The average molecular weight is 314 g/mol. The summed E-state index contributed by atoms with van der Waals surface area (Å²) in [5.74, 6) is 1.21. The summed E-state index contributed by atoms with van der Waals surface area (Å²) in [6.07, 6.45) is 5.29. The van der Waals surface area contributed by atoms with Gasteiger partial charge in [-0.25, -0.2) is 0 Å². The fourth-order valence-corrected chi connectivity index (χ4v) is 2.47. The van der Waals surface area contributed by atoms with E-state index in [1.165, 1.54) is 0 Å². The lowest BCUT2D eigenvalue weighted by Crippen LogP contribution is -1.95. The molecule has 0 heterocycles. The third-order valence-electron chi connectivity index (χ3n) is 3.22. The molecule has 2 aromatic carbocycles. The van der Waals surface area contributed by atoms with Gasteiger partial charge in [0, 0.05) is 16.0 Å². The molecule has 0 radical (unpaired) electrons. The molecule has 3 nitrogen and oxygen atoms in total. The van der Waals surface area contributed by atoms with Crippen LogP contribution in [0.1, 0.15) is 15.9 Å². The molecule has 0 spiro atoms. The van der Waals surface area contributed by atoms with E-state index >= 15 is 0 Å². The quantitative estimate of drug-likeness (QED) is 0.452. The van der Waals surface area contributed by atoms with E-state index in [4.69, 9.17) is 9.47 Å². The third-order valence-corrected chi connectivity index (χ3v) is 3.97. The summed E-state index contributed by atoms with van der Waals surface area (Å²) in [5, 5.41) is 0. The molecule has 22 heavy (non-hydrogen) atoms. The Hall–Kier alpha value is -2.20. The van der Waals surface area contributed by atoms with Crippen molar-refractivity contribution in [3.8, 4) is 11.5 Å². The van der Waals surface area contributed by atoms with Gasteiger partial charge in [0.1, 0.15) is 0 Å². The predicted molar refractivity (Wildman–Crippen MR) is 91.1 cm³/mol. The van der Waals surface area contributed by atoms with Crippen LogP contribution in [0.15, 0.2) is 53.4 Å². The van der Waals surface area contributed by atoms with Crippen LogP contribution in [0.5, 0.6) is 11.5 Å². The van der Waals surface area contributed by atoms with Crippen molar-refractivity contribution in [2.45, 2.75) is 4.90 Å². The number of hydrogen-bond donors (Lipinski definition) is 0. The molecule has 2 aromatic rings. The topological polar surface area (TPSA) is 35.5 Å². The minimum atomic E-state index is -0.0440. The van der Waals surface area contributed by atoms with Crippen molar-refractivity contribution in [3.05, 3.63) is 59.7 Å². The number of allylic oxidation sites excluding steroid dienone is 1. The first-order chi connectivity index (χ1) is 10.7. The zero-order valence-electron chi connectivity index (χ0n) is 12.8. The standard InChI is InChI=1S/C18H18O3S/c1-20-17-6-4-5-14(18(17)21-2)9-12-16(19)13-7-10-15(22-3)11-8-13/h4-12H,1-3H3/b12-9-. The SMILES string of the molecule is COc1cccc(/C=C\C(=O)c2ccc(SC)cc2)c1OC. The third kappa shape index (κ3) is 3.71. The van der Waals surface area contributed by atoms with Crippen LogP contribution in [-0.2, 0) is 0 Å². The van der Waals surface area contributed by atoms with Crippen molar-refractivity contribution in [1.82, 2.24) is 0 Å². The Bertz CT molecular complexity index is 675. The van der Waals surface area contributed by atoms with Gasteiger partial charge in [-0.15, -0.1) is 11.8 Å². The van der Waals surface area contributed by atoms with Gasteiger partial charge >= 0.3 is 0 Å². The van der Waals surface area contributed by atoms with Crippen LogP contribution >= 0.6 is 11.8 Å². The molecule has 0 bridgehead atoms. The van der Waals surface area contributed by atoms with E-state index < -0.39 is 0 Å². The number of methoxy groups -OCH3 is 2. The first kappa shape index (κ1) is 16.2. The van der Waals surface area contributed by atoms with Crippen molar-refractivity contribution in [3.63, 3.8) is 0 Å². The Kier molecular flexibility index (Phi) is 5.67. The molecule has 0 aliphatic carbocycles. The van der Waals surface area contributed by atoms with Crippen LogP contribution in [0.3, 0.4) is 0 Å². The maximum absolute atomic E-state index is 12.2. The molecule has 0 aliphatic heterocycles. The molecule has 0 saturated heterocycles. The number of ether oxygens (including phenoxy) is 2. The van der Waals surface area contributed by atoms with Gasteiger partial charge in [0.15, 0.2) is 17.3 Å². The van der Waals surface area contributed by atoms with Gasteiger partial charge in [0.25, 0.3) is 0 Å². The van der Waals surface area contributed by atoms with E-state index in [0.29, 0.717) is 17.1 Å². The van der Waals surface area contributed by atoms with E-state index in [1.807, 2.05) is 48.7 Å². The highest BCUT2D eigenvalue weighted by Crippen LogP contribution is 2.31. The number of para-hydroxylation sites is 1. The van der Waals surface area contributed by atoms with Crippen molar-refractivity contribution in [1.29, 1.82) is 0 Å². The molecule has 114 valence electrons. The number of rotatable bonds is 6. The van der Waals surface area contributed by atoms with Gasteiger partial charge in [-0.2, -0.15) is 0 Å². The predicted octanol–water partition coefficient (Wildman–Crippen LogP) is 4.32. The Morgan fingerprint density at radius 1 is 1.05 bits per heavy atom. The zero-order valence-corrected chi connectivity index (χ0v) is 13.6. The first-order valence-corrected chi connectivity index (χ1v) is 7.99. The van der Waals surface area contributed by atoms with Crippen molar-refractivity contribution in [2.24, 2.45) is 0 Å². The van der Waals surface area contributed by atoms with Crippen LogP contribution in [0.4, 0.5) is 0 Å². The molecular weight excluding hydrogens is 296 g/mol. The molecule has 4 heteroatoms. The van der Waals surface area contributed by atoms with Crippen LogP contribution < -0.4 is 9.47 Å². The van der Waals surface area contributed by atoms with Gasteiger partial charge < -0.3 is 9.47 Å². The average Bonchev–Trinajstić information content (AvgIpc) is 2.59. The highest BCUT2D eigenvalue weighted by Gasteiger charge is 2.08. The monoisotopic (exact) mass is 314 g/mol. The molecule has 2 rings (SSSR count). The van der Waals surface area contributed by atoms with Gasteiger partial charge in [0.05, 0.1) is 14.2 Å². The van der Waals surface area contributed by atoms with Crippen LogP contribution in [0, 0.1) is 0 Å². The maximum Gasteiger partial charge on any atom is 0.185 e. The summed E-state index contributed by atoms with van der Waals surface area (Å²) in [4.78, 5) is 13.3. The number of benzene rings is 2. The van der Waals surface area contributed by atoms with Gasteiger partial charge in [-0.1, -0.05) is 12.1 Å². The fraction of sp³-hybridized carbons (Fsp3) is 0.167. The molecule has 0 amide bonds. The Morgan fingerprint density at radius 3 is 2.36 bits per heavy atom. The number of hydrogen-bond acceptors (Lipinski definition) is 4. The van der Waals surface area contributed by atoms with E-state index in [2.05, 4.69) is 0 Å². The lowest BCUT2D eigenvalue weighted by atomic mass is 10.1. The summed E-state index contributed by atoms with van der Waals surface area (Å²) in [6.45, 7) is 0.